The molecule has 0 spiro atoms. The smallest absolute Gasteiger partial charge is 0.323 e. The van der Waals surface area contributed by atoms with Gasteiger partial charge in [0, 0.05) is 6.54 Å². The third-order valence-corrected chi connectivity index (χ3v) is 3.88. The quantitative estimate of drug-likeness (QED) is 0.636. The van der Waals surface area contributed by atoms with E-state index in [-0.39, 0.29) is 18.0 Å². The Morgan fingerprint density at radius 1 is 0.960 bits per heavy atom. The van der Waals surface area contributed by atoms with Crippen LogP contribution in [0.2, 0.25) is 0 Å². The lowest BCUT2D eigenvalue weighted by Crippen LogP contribution is -2.24. The summed E-state index contributed by atoms with van der Waals surface area (Å²) in [5, 5.41) is 2.87. The van der Waals surface area contributed by atoms with Crippen molar-refractivity contribution < 1.29 is 14.3 Å². The molecule has 130 valence electrons. The van der Waals surface area contributed by atoms with Crippen LogP contribution in [0.4, 0.5) is 0 Å². The number of methoxy groups -OCH3 is 2. The van der Waals surface area contributed by atoms with Gasteiger partial charge in [-0.2, -0.15) is 0 Å². The molecule has 0 fully saturated rings. The van der Waals surface area contributed by atoms with Crippen molar-refractivity contribution in [2.24, 2.45) is 0 Å². The Balaban J connectivity index is 1.63. The summed E-state index contributed by atoms with van der Waals surface area (Å²) in [6, 6.07) is 10.9. The molecular weight excluding hydrogens is 322 g/mol. The average Bonchev–Trinajstić information content (AvgIpc) is 2.99. The molecule has 0 saturated heterocycles. The van der Waals surface area contributed by atoms with Crippen molar-refractivity contribution in [3.8, 4) is 11.5 Å². The number of hydrogen-bond donors (Lipinski definition) is 3. The van der Waals surface area contributed by atoms with Crippen LogP contribution in [-0.4, -0.2) is 30.1 Å². The number of nitrogens with one attached hydrogen (secondary N) is 3. The third-order valence-electron chi connectivity index (χ3n) is 3.88. The molecule has 7 nitrogen and oxygen atoms in total. The van der Waals surface area contributed by atoms with Gasteiger partial charge in [0.2, 0.25) is 5.91 Å². The predicted molar refractivity (Wildman–Crippen MR) is 94.0 cm³/mol. The number of amides is 1. The molecule has 0 aliphatic carbocycles. The molecule has 0 aliphatic rings. The van der Waals surface area contributed by atoms with E-state index in [4.69, 9.17) is 9.47 Å². The molecule has 3 N–H and O–H groups in total. The second-order valence-electron chi connectivity index (χ2n) is 5.60. The number of H-pyrrole nitrogens is 2. The maximum Gasteiger partial charge on any atom is 0.323 e. The number of carbonyl (C=O) groups excluding carboxylic acids is 1. The molecule has 0 radical (unpaired) electrons. The van der Waals surface area contributed by atoms with Crippen molar-refractivity contribution in [1.82, 2.24) is 15.3 Å². The first-order chi connectivity index (χ1) is 12.1. The van der Waals surface area contributed by atoms with Crippen molar-refractivity contribution in [2.75, 3.05) is 14.2 Å². The average molecular weight is 341 g/mol. The van der Waals surface area contributed by atoms with Crippen LogP contribution < -0.4 is 20.5 Å². The molecular formula is C18H19N3O4. The van der Waals surface area contributed by atoms with Crippen LogP contribution in [0.1, 0.15) is 11.1 Å². The summed E-state index contributed by atoms with van der Waals surface area (Å²) >= 11 is 0. The molecule has 3 rings (SSSR count). The largest absolute Gasteiger partial charge is 0.493 e. The summed E-state index contributed by atoms with van der Waals surface area (Å²) in [6.07, 6.45) is 0.233. The van der Waals surface area contributed by atoms with Gasteiger partial charge in [0.25, 0.3) is 0 Å². The summed E-state index contributed by atoms with van der Waals surface area (Å²) in [6.45, 7) is 0.391. The highest BCUT2D eigenvalue weighted by Crippen LogP contribution is 2.27. The lowest BCUT2D eigenvalue weighted by molar-refractivity contribution is -0.120. The third kappa shape index (κ3) is 3.82. The van der Waals surface area contributed by atoms with Gasteiger partial charge in [-0.05, 0) is 35.4 Å². The maximum atomic E-state index is 12.2. The first kappa shape index (κ1) is 16.6. The lowest BCUT2D eigenvalue weighted by atomic mass is 10.1. The molecule has 1 aromatic heterocycles. The Kier molecular flexibility index (Phi) is 4.74. The standard InChI is InChI=1S/C18H19N3O4/c1-24-15-6-4-12(8-16(15)25-2)10-19-17(22)9-11-3-5-13-14(7-11)21-18(23)20-13/h3-8H,9-10H2,1-2H3,(H,19,22)(H2,20,21,23). The fraction of sp³-hybridized carbons (Fsp3) is 0.222. The SMILES string of the molecule is COc1ccc(CNC(=O)Cc2ccc3[nH]c(=O)[nH]c3c2)cc1OC. The highest BCUT2D eigenvalue weighted by molar-refractivity contribution is 5.81. The molecule has 1 amide bonds. The normalized spacial score (nSPS) is 10.6. The van der Waals surface area contributed by atoms with E-state index in [1.807, 2.05) is 18.2 Å². The van der Waals surface area contributed by atoms with Crippen molar-refractivity contribution in [3.05, 3.63) is 58.0 Å². The Labute approximate surface area is 144 Å². The minimum Gasteiger partial charge on any atom is -0.493 e. The molecule has 0 bridgehead atoms. The molecule has 0 saturated carbocycles. The van der Waals surface area contributed by atoms with E-state index >= 15 is 0 Å². The molecule has 1 heterocycles. The van der Waals surface area contributed by atoms with Gasteiger partial charge < -0.3 is 24.8 Å². The molecule has 7 heteroatoms. The van der Waals surface area contributed by atoms with Crippen molar-refractivity contribution >= 4 is 16.9 Å². The number of aromatic nitrogens is 2. The van der Waals surface area contributed by atoms with Gasteiger partial charge in [-0.15, -0.1) is 0 Å². The highest BCUT2D eigenvalue weighted by Gasteiger charge is 2.08. The van der Waals surface area contributed by atoms with E-state index in [1.165, 1.54) is 0 Å². The van der Waals surface area contributed by atoms with Crippen molar-refractivity contribution in [2.45, 2.75) is 13.0 Å². The summed E-state index contributed by atoms with van der Waals surface area (Å²) in [5.41, 5.74) is 2.89. The molecule has 3 aromatic rings. The summed E-state index contributed by atoms with van der Waals surface area (Å²) in [5.74, 6) is 1.16. The van der Waals surface area contributed by atoms with Crippen LogP contribution in [0.15, 0.2) is 41.2 Å². The molecule has 2 aromatic carbocycles. The van der Waals surface area contributed by atoms with Crippen LogP contribution in [0.3, 0.4) is 0 Å². The lowest BCUT2D eigenvalue weighted by Gasteiger charge is -2.10. The minimum absolute atomic E-state index is 0.105. The highest BCUT2D eigenvalue weighted by atomic mass is 16.5. The zero-order chi connectivity index (χ0) is 17.8. The molecule has 0 aliphatic heterocycles. The van der Waals surface area contributed by atoms with Crippen molar-refractivity contribution in [3.63, 3.8) is 0 Å². The zero-order valence-electron chi connectivity index (χ0n) is 14.0. The topological polar surface area (TPSA) is 96.2 Å². The Morgan fingerprint density at radius 3 is 2.44 bits per heavy atom. The second kappa shape index (κ2) is 7.12. The van der Waals surface area contributed by atoms with Crippen LogP contribution in [0, 0.1) is 0 Å². The Hall–Kier alpha value is -3.22. The van der Waals surface area contributed by atoms with Crippen LogP contribution in [0.5, 0.6) is 11.5 Å². The first-order valence-corrected chi connectivity index (χ1v) is 7.77. The van der Waals surface area contributed by atoms with E-state index in [0.29, 0.717) is 23.6 Å². The van der Waals surface area contributed by atoms with Gasteiger partial charge in [-0.25, -0.2) is 4.79 Å². The summed E-state index contributed by atoms with van der Waals surface area (Å²) in [7, 11) is 3.15. The molecule has 0 unspecified atom stereocenters. The van der Waals surface area contributed by atoms with E-state index in [9.17, 15) is 9.59 Å². The minimum atomic E-state index is -0.259. The number of ether oxygens (including phenoxy) is 2. The van der Waals surface area contributed by atoms with E-state index in [2.05, 4.69) is 15.3 Å². The van der Waals surface area contributed by atoms with Gasteiger partial charge in [-0.3, -0.25) is 4.79 Å². The number of imidazole rings is 1. The summed E-state index contributed by atoms with van der Waals surface area (Å²) in [4.78, 5) is 28.8. The van der Waals surface area contributed by atoms with Crippen molar-refractivity contribution in [1.29, 1.82) is 0 Å². The number of aromatic amines is 2. The number of carbonyl (C=O) groups is 1. The van der Waals surface area contributed by atoms with Gasteiger partial charge in [0.15, 0.2) is 11.5 Å². The van der Waals surface area contributed by atoms with Gasteiger partial charge in [0.05, 0.1) is 31.7 Å². The van der Waals surface area contributed by atoms with Crippen LogP contribution in [-0.2, 0) is 17.8 Å². The fourth-order valence-electron chi connectivity index (χ4n) is 2.63. The number of benzene rings is 2. The predicted octanol–water partition coefficient (Wildman–Crippen LogP) is 1.73. The first-order valence-electron chi connectivity index (χ1n) is 7.77. The summed E-state index contributed by atoms with van der Waals surface area (Å²) < 4.78 is 10.4. The van der Waals surface area contributed by atoms with E-state index in [1.54, 1.807) is 32.4 Å². The number of fused-ring (bicyclic) bond motifs is 1. The van der Waals surface area contributed by atoms with Gasteiger partial charge in [0.1, 0.15) is 0 Å². The Bertz CT molecular complexity index is 958. The monoisotopic (exact) mass is 341 g/mol. The van der Waals surface area contributed by atoms with Crippen LogP contribution in [0.25, 0.3) is 11.0 Å². The zero-order valence-corrected chi connectivity index (χ0v) is 14.0. The second-order valence-corrected chi connectivity index (χ2v) is 5.60. The van der Waals surface area contributed by atoms with E-state index < -0.39 is 0 Å². The van der Waals surface area contributed by atoms with E-state index in [0.717, 1.165) is 16.6 Å². The van der Waals surface area contributed by atoms with Gasteiger partial charge in [-0.1, -0.05) is 12.1 Å². The van der Waals surface area contributed by atoms with Crippen LogP contribution >= 0.6 is 0 Å². The number of hydrogen-bond acceptors (Lipinski definition) is 4. The van der Waals surface area contributed by atoms with Gasteiger partial charge >= 0.3 is 5.69 Å². The number of rotatable bonds is 6. The molecule has 0 atom stereocenters. The molecule has 25 heavy (non-hydrogen) atoms. The Morgan fingerprint density at radius 2 is 1.68 bits per heavy atom. The maximum absolute atomic E-state index is 12.2. The fourth-order valence-corrected chi connectivity index (χ4v) is 2.63.